The molecular formula is C26H24F2N4O3. The summed E-state index contributed by atoms with van der Waals surface area (Å²) in [5.41, 5.74) is 0.877. The van der Waals surface area contributed by atoms with Crippen LogP contribution in [0.5, 0.6) is 5.88 Å². The summed E-state index contributed by atoms with van der Waals surface area (Å²) < 4.78 is 37.3. The first kappa shape index (κ1) is 21.8. The molecule has 4 aromatic rings. The number of likely N-dealkylation sites (tertiary alicyclic amines) is 1. The molecule has 9 heteroatoms. The molecule has 4 heterocycles. The molecule has 0 radical (unpaired) electrons. The van der Waals surface area contributed by atoms with Crippen LogP contribution in [0.2, 0.25) is 0 Å². The van der Waals surface area contributed by atoms with Crippen molar-refractivity contribution in [1.82, 2.24) is 19.0 Å². The second-order valence-corrected chi connectivity index (χ2v) is 9.27. The molecule has 0 atom stereocenters. The second-order valence-electron chi connectivity index (χ2n) is 9.27. The molecule has 1 aliphatic heterocycles. The summed E-state index contributed by atoms with van der Waals surface area (Å²) in [5.74, 6) is -0.521. The minimum Gasteiger partial charge on any atom is -0.481 e. The number of ether oxygens (including phenoxy) is 1. The fourth-order valence-electron chi connectivity index (χ4n) is 4.92. The highest BCUT2D eigenvalue weighted by molar-refractivity contribution is 6.06. The standard InChI is InChI=1S/C26H24F2N4O3/c1-35-24-12-19-20(13-29-24)21(25(33)30-7-4-15(27)5-8-30)14-32(26(19)34)17-10-22(28)18-6-9-31(16-2-3-16)23(18)11-17/h6,9-16H,2-5,7-8H2,1H3. The molecule has 1 aliphatic carbocycles. The van der Waals surface area contributed by atoms with Crippen molar-refractivity contribution in [3.8, 4) is 11.6 Å². The van der Waals surface area contributed by atoms with Crippen molar-refractivity contribution in [3.63, 3.8) is 0 Å². The summed E-state index contributed by atoms with van der Waals surface area (Å²) in [5, 5.41) is 1.11. The van der Waals surface area contributed by atoms with Gasteiger partial charge < -0.3 is 14.2 Å². The van der Waals surface area contributed by atoms with Gasteiger partial charge in [-0.1, -0.05) is 0 Å². The summed E-state index contributed by atoms with van der Waals surface area (Å²) in [6, 6.07) is 6.66. The van der Waals surface area contributed by atoms with Crippen molar-refractivity contribution in [1.29, 1.82) is 0 Å². The molecule has 3 aromatic heterocycles. The smallest absolute Gasteiger partial charge is 0.263 e. The first-order valence-electron chi connectivity index (χ1n) is 11.8. The Morgan fingerprint density at radius 2 is 1.86 bits per heavy atom. The van der Waals surface area contributed by atoms with Crippen LogP contribution in [0.15, 0.2) is 47.7 Å². The molecule has 0 bridgehead atoms. The van der Waals surface area contributed by atoms with Gasteiger partial charge in [-0.3, -0.25) is 14.2 Å². The molecule has 1 amide bonds. The molecule has 1 aromatic carbocycles. The molecule has 1 saturated heterocycles. The molecule has 1 saturated carbocycles. The summed E-state index contributed by atoms with van der Waals surface area (Å²) in [7, 11) is 1.44. The van der Waals surface area contributed by atoms with Crippen LogP contribution in [-0.4, -0.2) is 51.3 Å². The normalized spacial score (nSPS) is 16.8. The highest BCUT2D eigenvalue weighted by atomic mass is 19.1. The molecule has 0 spiro atoms. The Balaban J connectivity index is 1.56. The van der Waals surface area contributed by atoms with Crippen molar-refractivity contribution in [3.05, 3.63) is 64.6 Å². The number of nitrogens with zero attached hydrogens (tertiary/aromatic N) is 4. The van der Waals surface area contributed by atoms with Gasteiger partial charge in [-0.15, -0.1) is 0 Å². The first-order chi connectivity index (χ1) is 16.9. The predicted octanol–water partition coefficient (Wildman–Crippen LogP) is 4.40. The van der Waals surface area contributed by atoms with Crippen LogP contribution >= 0.6 is 0 Å². The van der Waals surface area contributed by atoms with E-state index in [4.69, 9.17) is 4.74 Å². The third-order valence-electron chi connectivity index (χ3n) is 7.02. The van der Waals surface area contributed by atoms with Crippen LogP contribution < -0.4 is 10.3 Å². The van der Waals surface area contributed by atoms with Crippen LogP contribution in [0.25, 0.3) is 27.4 Å². The van der Waals surface area contributed by atoms with Crippen molar-refractivity contribution in [2.45, 2.75) is 37.9 Å². The van der Waals surface area contributed by atoms with Crippen molar-refractivity contribution < 1.29 is 18.3 Å². The maximum atomic E-state index is 15.1. The van der Waals surface area contributed by atoms with Crippen LogP contribution in [-0.2, 0) is 0 Å². The molecule has 2 aliphatic rings. The number of benzene rings is 1. The van der Waals surface area contributed by atoms with E-state index in [-0.39, 0.29) is 35.6 Å². The van der Waals surface area contributed by atoms with Gasteiger partial charge in [-0.05, 0) is 43.9 Å². The van der Waals surface area contributed by atoms with E-state index in [0.29, 0.717) is 41.1 Å². The Bertz CT molecular complexity index is 1530. The lowest BCUT2D eigenvalue weighted by molar-refractivity contribution is 0.0668. The number of alkyl halides is 1. The second kappa shape index (κ2) is 8.18. The highest BCUT2D eigenvalue weighted by Gasteiger charge is 2.27. The summed E-state index contributed by atoms with van der Waals surface area (Å²) >= 11 is 0. The van der Waals surface area contributed by atoms with Crippen LogP contribution in [0.3, 0.4) is 0 Å². The zero-order chi connectivity index (χ0) is 24.3. The number of piperidine rings is 1. The monoisotopic (exact) mass is 478 g/mol. The number of amides is 1. The van der Waals surface area contributed by atoms with E-state index in [9.17, 15) is 14.0 Å². The van der Waals surface area contributed by atoms with E-state index < -0.39 is 17.5 Å². The van der Waals surface area contributed by atoms with Gasteiger partial charge in [0.15, 0.2) is 0 Å². The fourth-order valence-corrected chi connectivity index (χ4v) is 4.92. The summed E-state index contributed by atoms with van der Waals surface area (Å²) in [6.45, 7) is 0.583. The lowest BCUT2D eigenvalue weighted by atomic mass is 10.0. The van der Waals surface area contributed by atoms with Gasteiger partial charge in [0.2, 0.25) is 5.88 Å². The SMILES string of the molecule is COc1cc2c(=O)n(-c3cc(F)c4ccn(C5CC5)c4c3)cc(C(=O)N3CCC(F)CC3)c2cn1. The number of carbonyl (C=O) groups excluding carboxylic acids is 1. The van der Waals surface area contributed by atoms with E-state index >= 15 is 4.39 Å². The van der Waals surface area contributed by atoms with E-state index in [1.807, 2.05) is 10.8 Å². The lowest BCUT2D eigenvalue weighted by Crippen LogP contribution is -2.39. The average molecular weight is 478 g/mol. The molecular weight excluding hydrogens is 454 g/mol. The molecule has 180 valence electrons. The Labute approximate surface area is 199 Å². The summed E-state index contributed by atoms with van der Waals surface area (Å²) in [6.07, 6.45) is 6.46. The number of hydrogen-bond acceptors (Lipinski definition) is 4. The van der Waals surface area contributed by atoms with Crippen molar-refractivity contribution in [2.24, 2.45) is 0 Å². The van der Waals surface area contributed by atoms with Gasteiger partial charge in [0.25, 0.3) is 11.5 Å². The topological polar surface area (TPSA) is 69.4 Å². The summed E-state index contributed by atoms with van der Waals surface area (Å²) in [4.78, 5) is 32.9. The largest absolute Gasteiger partial charge is 0.481 e. The fraction of sp³-hybridized carbons (Fsp3) is 0.346. The Morgan fingerprint density at radius 1 is 1.09 bits per heavy atom. The van der Waals surface area contributed by atoms with Gasteiger partial charge >= 0.3 is 0 Å². The number of carbonyl (C=O) groups is 1. The molecule has 0 unspecified atom stereocenters. The average Bonchev–Trinajstić information content (AvgIpc) is 3.62. The highest BCUT2D eigenvalue weighted by Crippen LogP contribution is 2.38. The minimum absolute atomic E-state index is 0.230. The van der Waals surface area contributed by atoms with Gasteiger partial charge in [0.1, 0.15) is 12.0 Å². The number of rotatable bonds is 4. The Kier molecular flexibility index (Phi) is 5.09. The molecule has 7 nitrogen and oxygen atoms in total. The Morgan fingerprint density at radius 3 is 2.57 bits per heavy atom. The van der Waals surface area contributed by atoms with Gasteiger partial charge in [0.05, 0.1) is 29.3 Å². The molecule has 2 fully saturated rings. The Hall–Kier alpha value is -3.75. The number of fused-ring (bicyclic) bond motifs is 2. The van der Waals surface area contributed by atoms with Crippen LogP contribution in [0.1, 0.15) is 42.1 Å². The minimum atomic E-state index is -0.923. The quantitative estimate of drug-likeness (QED) is 0.436. The number of hydrogen-bond donors (Lipinski definition) is 0. The number of pyridine rings is 2. The number of methoxy groups -OCH3 is 1. The van der Waals surface area contributed by atoms with E-state index in [2.05, 4.69) is 4.98 Å². The lowest BCUT2D eigenvalue weighted by Gasteiger charge is -2.29. The molecule has 35 heavy (non-hydrogen) atoms. The van der Waals surface area contributed by atoms with E-state index in [1.165, 1.54) is 36.2 Å². The van der Waals surface area contributed by atoms with Crippen molar-refractivity contribution >= 4 is 27.6 Å². The molecule has 6 rings (SSSR count). The van der Waals surface area contributed by atoms with Crippen LogP contribution in [0.4, 0.5) is 8.78 Å². The first-order valence-corrected chi connectivity index (χ1v) is 11.8. The number of aromatic nitrogens is 3. The third-order valence-corrected chi connectivity index (χ3v) is 7.02. The maximum absolute atomic E-state index is 15.1. The van der Waals surface area contributed by atoms with Crippen LogP contribution in [0, 0.1) is 5.82 Å². The zero-order valence-electron chi connectivity index (χ0n) is 19.2. The maximum Gasteiger partial charge on any atom is 0.263 e. The van der Waals surface area contributed by atoms with Gasteiger partial charge in [-0.25, -0.2) is 13.8 Å². The zero-order valence-corrected chi connectivity index (χ0v) is 19.2. The van der Waals surface area contributed by atoms with Gasteiger partial charge in [-0.2, -0.15) is 0 Å². The van der Waals surface area contributed by atoms with Gasteiger partial charge in [0, 0.05) is 54.6 Å². The van der Waals surface area contributed by atoms with E-state index in [0.717, 1.165) is 12.8 Å². The number of halogens is 2. The molecule has 0 N–H and O–H groups in total. The third kappa shape index (κ3) is 3.66. The van der Waals surface area contributed by atoms with Crippen molar-refractivity contribution in [2.75, 3.05) is 20.2 Å². The predicted molar refractivity (Wildman–Crippen MR) is 128 cm³/mol. The van der Waals surface area contributed by atoms with E-state index in [1.54, 1.807) is 17.0 Å².